The van der Waals surface area contributed by atoms with Gasteiger partial charge in [0.2, 0.25) is 0 Å². The van der Waals surface area contributed by atoms with Crippen LogP contribution in [0.3, 0.4) is 0 Å². The van der Waals surface area contributed by atoms with Crippen LogP contribution in [0.25, 0.3) is 0 Å². The number of halogens is 3. The van der Waals surface area contributed by atoms with Crippen molar-refractivity contribution in [3.05, 3.63) is 35.4 Å². The van der Waals surface area contributed by atoms with E-state index in [2.05, 4.69) is 0 Å². The van der Waals surface area contributed by atoms with Gasteiger partial charge in [-0.2, -0.15) is 0 Å². The van der Waals surface area contributed by atoms with Crippen molar-refractivity contribution in [1.82, 2.24) is 0 Å². The van der Waals surface area contributed by atoms with Crippen molar-refractivity contribution in [2.45, 2.75) is 32.0 Å². The van der Waals surface area contributed by atoms with Crippen LogP contribution in [0, 0.1) is 5.41 Å². The molecule has 0 fully saturated rings. The van der Waals surface area contributed by atoms with Crippen LogP contribution in [0.1, 0.15) is 31.9 Å². The van der Waals surface area contributed by atoms with E-state index in [0.717, 1.165) is 34.9 Å². The summed E-state index contributed by atoms with van der Waals surface area (Å²) in [6.07, 6.45) is -4.20. The summed E-state index contributed by atoms with van der Waals surface area (Å²) in [6.45, 7) is 4.80. The maximum atomic E-state index is 12.1. The first-order chi connectivity index (χ1) is 8.48. The molecule has 0 amide bonds. The van der Waals surface area contributed by atoms with Crippen LogP contribution >= 0.6 is 0 Å². The van der Waals surface area contributed by atoms with Crippen molar-refractivity contribution < 1.29 is 41.4 Å². The van der Waals surface area contributed by atoms with Crippen LogP contribution in [0.2, 0.25) is 0 Å². The minimum absolute atomic E-state index is 0.548. The molecule has 102 valence electrons. The van der Waals surface area contributed by atoms with Gasteiger partial charge in [0.15, 0.2) is 0 Å². The summed E-state index contributed by atoms with van der Waals surface area (Å²) in [5.74, 6) is -1.01. The van der Waals surface area contributed by atoms with Crippen LogP contribution in [-0.2, 0) is 34.3 Å². The summed E-state index contributed by atoms with van der Waals surface area (Å²) >= 11 is 0.987. The van der Waals surface area contributed by atoms with E-state index in [1.165, 1.54) is 12.1 Å². The number of carbonyl (C=O) groups excluding carboxylic acids is 1. The number of alkyl halides is 3. The second kappa shape index (κ2) is 7.04. The maximum absolute atomic E-state index is 12.1. The minimum atomic E-state index is -4.20. The predicted molar refractivity (Wildman–Crippen MR) is 59.6 cm³/mol. The number of carboxylic acid groups (broad SMARTS) is 1. The SMILES string of the molecule is CC(C)(C)C(=O)[O-].FC(F)(F)c1cccc([CH2][Zn+])c1. The molecular weight excluding hydrogens is 311 g/mol. The molecule has 0 unspecified atom stereocenters. The molecule has 1 rings (SSSR count). The third kappa shape index (κ3) is 7.31. The Morgan fingerprint density at radius 2 is 1.74 bits per heavy atom. The molecule has 1 aromatic carbocycles. The van der Waals surface area contributed by atoms with E-state index < -0.39 is 23.1 Å². The molecule has 0 saturated heterocycles. The summed E-state index contributed by atoms with van der Waals surface area (Å²) in [5, 5.41) is 10.7. The number of carbonyl (C=O) groups is 1. The zero-order chi connectivity index (χ0) is 15.3. The van der Waals surface area contributed by atoms with Gasteiger partial charge in [-0.3, -0.25) is 0 Å². The van der Waals surface area contributed by atoms with Crippen molar-refractivity contribution in [2.24, 2.45) is 5.41 Å². The van der Waals surface area contributed by atoms with E-state index in [1.807, 2.05) is 0 Å². The third-order valence-corrected chi connectivity index (χ3v) is 3.37. The van der Waals surface area contributed by atoms with Gasteiger partial charge in [-0.05, 0) is 0 Å². The Bertz CT molecular complexity index is 423. The molecule has 0 atom stereocenters. The molecule has 0 radical (unpaired) electrons. The molecule has 0 bridgehead atoms. The third-order valence-electron chi connectivity index (χ3n) is 2.16. The quantitative estimate of drug-likeness (QED) is 0.744. The summed E-state index contributed by atoms with van der Waals surface area (Å²) < 4.78 is 36.3. The number of carboxylic acids is 1. The van der Waals surface area contributed by atoms with E-state index >= 15 is 0 Å². The summed E-state index contributed by atoms with van der Waals surface area (Å²) in [7, 11) is 0. The number of hydrogen-bond donors (Lipinski definition) is 0. The molecule has 0 N–H and O–H groups in total. The van der Waals surface area contributed by atoms with Crippen molar-refractivity contribution >= 4 is 5.97 Å². The molecular formula is C13H15F3O2Zn. The molecule has 0 aliphatic heterocycles. The zero-order valence-corrected chi connectivity index (χ0v) is 14.1. The van der Waals surface area contributed by atoms with Crippen LogP contribution in [0.4, 0.5) is 13.2 Å². The first kappa shape index (κ1) is 18.1. The van der Waals surface area contributed by atoms with Crippen LogP contribution < -0.4 is 5.11 Å². The normalized spacial score (nSPS) is 11.6. The first-order valence-electron chi connectivity index (χ1n) is 5.65. The Balaban J connectivity index is 0.000000399. The van der Waals surface area contributed by atoms with Gasteiger partial charge in [-0.15, -0.1) is 0 Å². The topological polar surface area (TPSA) is 40.1 Å². The van der Waals surface area contributed by atoms with E-state index in [9.17, 15) is 23.1 Å². The van der Waals surface area contributed by atoms with Gasteiger partial charge in [0.05, 0.1) is 0 Å². The van der Waals surface area contributed by atoms with Crippen molar-refractivity contribution in [1.29, 1.82) is 0 Å². The average molecular weight is 326 g/mol. The molecule has 0 aromatic heterocycles. The molecule has 0 spiro atoms. The fourth-order valence-electron chi connectivity index (χ4n) is 0.903. The van der Waals surface area contributed by atoms with Gasteiger partial charge in [0.25, 0.3) is 0 Å². The average Bonchev–Trinajstić information content (AvgIpc) is 2.27. The molecule has 0 heterocycles. The molecule has 1 aromatic rings. The summed E-state index contributed by atoms with van der Waals surface area (Å²) in [6, 6.07) is 5.48. The number of hydrogen-bond acceptors (Lipinski definition) is 2. The van der Waals surface area contributed by atoms with Crippen LogP contribution in [0.15, 0.2) is 24.3 Å². The fourth-order valence-corrected chi connectivity index (χ4v) is 1.56. The molecule has 2 nitrogen and oxygen atoms in total. The molecule has 6 heteroatoms. The summed E-state index contributed by atoms with van der Waals surface area (Å²) in [5.41, 5.74) is -0.474. The molecule has 0 aliphatic carbocycles. The Kier molecular flexibility index (Phi) is 6.71. The predicted octanol–water partition coefficient (Wildman–Crippen LogP) is 2.53. The van der Waals surface area contributed by atoms with Crippen molar-refractivity contribution in [2.75, 3.05) is 0 Å². The van der Waals surface area contributed by atoms with Gasteiger partial charge in [-0.25, -0.2) is 0 Å². The van der Waals surface area contributed by atoms with Gasteiger partial charge < -0.3 is 9.90 Å². The standard InChI is InChI=1S/C8H6F3.C5H10O2.Zn/c1-6-3-2-4-7(5-6)8(9,10)11;1-5(2,3)4(6)7;/h2-5H,1H2;1-3H3,(H,6,7);/q;;+1/p-1. The van der Waals surface area contributed by atoms with Crippen LogP contribution in [0.5, 0.6) is 0 Å². The fraction of sp³-hybridized carbons (Fsp3) is 0.462. The first-order valence-corrected chi connectivity index (χ1v) is 7.75. The second-order valence-corrected chi connectivity index (χ2v) is 6.03. The number of rotatable bonds is 1. The van der Waals surface area contributed by atoms with Gasteiger partial charge in [0.1, 0.15) is 0 Å². The summed E-state index contributed by atoms with van der Waals surface area (Å²) in [4.78, 5) is 9.91. The number of benzene rings is 1. The monoisotopic (exact) mass is 324 g/mol. The van der Waals surface area contributed by atoms with E-state index in [1.54, 1.807) is 26.8 Å². The van der Waals surface area contributed by atoms with Crippen molar-refractivity contribution in [3.8, 4) is 0 Å². The Hall–Kier alpha value is -0.897. The molecule has 19 heavy (non-hydrogen) atoms. The van der Waals surface area contributed by atoms with E-state index in [0.29, 0.717) is 0 Å². The molecule has 0 saturated carbocycles. The van der Waals surface area contributed by atoms with Gasteiger partial charge >= 0.3 is 78.1 Å². The van der Waals surface area contributed by atoms with Crippen molar-refractivity contribution in [3.63, 3.8) is 0 Å². The zero-order valence-electron chi connectivity index (χ0n) is 11.2. The Morgan fingerprint density at radius 1 is 1.26 bits per heavy atom. The number of aliphatic carboxylic acids is 1. The Morgan fingerprint density at radius 3 is 2.05 bits per heavy atom. The van der Waals surface area contributed by atoms with E-state index in [-0.39, 0.29) is 0 Å². The molecule has 0 aliphatic rings. The van der Waals surface area contributed by atoms with E-state index in [4.69, 9.17) is 0 Å². The van der Waals surface area contributed by atoms with Gasteiger partial charge in [-0.1, -0.05) is 20.8 Å². The van der Waals surface area contributed by atoms with Crippen LogP contribution in [-0.4, -0.2) is 5.97 Å². The van der Waals surface area contributed by atoms with Gasteiger partial charge in [0, 0.05) is 11.4 Å². The second-order valence-electron chi connectivity index (χ2n) is 4.99. The Labute approximate surface area is 120 Å².